The quantitative estimate of drug-likeness (QED) is 0.832. The van der Waals surface area contributed by atoms with Crippen LogP contribution in [-0.4, -0.2) is 24.8 Å². The van der Waals surface area contributed by atoms with E-state index in [1.54, 1.807) is 7.11 Å². The number of carboxylic acid groups (broad SMARTS) is 1. The molecule has 0 saturated carbocycles. The summed E-state index contributed by atoms with van der Waals surface area (Å²) in [6, 6.07) is 6.05. The first-order chi connectivity index (χ1) is 7.54. The zero-order chi connectivity index (χ0) is 12.1. The summed E-state index contributed by atoms with van der Waals surface area (Å²) in [4.78, 5) is 10.8. The van der Waals surface area contributed by atoms with Crippen LogP contribution in [0.1, 0.15) is 29.0 Å². The molecule has 88 valence electrons. The van der Waals surface area contributed by atoms with Crippen molar-refractivity contribution in [2.75, 3.05) is 13.7 Å². The van der Waals surface area contributed by atoms with Gasteiger partial charge in [-0.05, 0) is 30.5 Å². The highest BCUT2D eigenvalue weighted by Crippen LogP contribution is 2.22. The predicted octanol–water partition coefficient (Wildman–Crippen LogP) is 2.51. The van der Waals surface area contributed by atoms with E-state index in [0.29, 0.717) is 6.61 Å². The predicted molar refractivity (Wildman–Crippen MR) is 62.8 cm³/mol. The summed E-state index contributed by atoms with van der Waals surface area (Å²) < 4.78 is 5.07. The molecule has 0 aliphatic rings. The summed E-state index contributed by atoms with van der Waals surface area (Å²) in [5.41, 5.74) is 3.44. The summed E-state index contributed by atoms with van der Waals surface area (Å²) in [6.07, 6.45) is 0.107. The van der Waals surface area contributed by atoms with Gasteiger partial charge in [-0.25, -0.2) is 0 Å². The molecule has 0 saturated heterocycles. The van der Waals surface area contributed by atoms with Gasteiger partial charge >= 0.3 is 5.97 Å². The number of carboxylic acids is 1. The lowest BCUT2D eigenvalue weighted by molar-refractivity contribution is -0.137. The highest BCUT2D eigenvalue weighted by Gasteiger charge is 2.15. The first kappa shape index (κ1) is 12.7. The van der Waals surface area contributed by atoms with E-state index >= 15 is 0 Å². The normalized spacial score (nSPS) is 12.4. The summed E-state index contributed by atoms with van der Waals surface area (Å²) in [7, 11) is 1.59. The van der Waals surface area contributed by atoms with Crippen molar-refractivity contribution in [1.29, 1.82) is 0 Å². The maximum Gasteiger partial charge on any atom is 0.304 e. The Bertz CT molecular complexity index is 371. The summed E-state index contributed by atoms with van der Waals surface area (Å²) in [5.74, 6) is -0.859. The molecule has 3 nitrogen and oxygen atoms in total. The van der Waals surface area contributed by atoms with E-state index in [2.05, 4.69) is 0 Å². The number of benzene rings is 1. The van der Waals surface area contributed by atoms with E-state index in [1.165, 1.54) is 11.1 Å². The zero-order valence-electron chi connectivity index (χ0n) is 9.99. The van der Waals surface area contributed by atoms with Crippen LogP contribution in [0, 0.1) is 13.8 Å². The lowest BCUT2D eigenvalue weighted by Gasteiger charge is -2.15. The molecule has 0 spiro atoms. The molecule has 0 fully saturated rings. The Kier molecular flexibility index (Phi) is 4.50. The van der Waals surface area contributed by atoms with Crippen molar-refractivity contribution in [3.05, 3.63) is 34.9 Å². The van der Waals surface area contributed by atoms with Gasteiger partial charge in [0.25, 0.3) is 0 Å². The van der Waals surface area contributed by atoms with Crippen LogP contribution >= 0.6 is 0 Å². The van der Waals surface area contributed by atoms with E-state index in [-0.39, 0.29) is 12.3 Å². The molecule has 16 heavy (non-hydrogen) atoms. The maximum absolute atomic E-state index is 10.8. The SMILES string of the molecule is COCC(CC(=O)O)c1ccc(C)c(C)c1. The second-order valence-electron chi connectivity index (χ2n) is 4.09. The third-order valence-electron chi connectivity index (χ3n) is 2.79. The summed E-state index contributed by atoms with van der Waals surface area (Å²) in [6.45, 7) is 4.51. The fourth-order valence-corrected chi connectivity index (χ4v) is 1.70. The van der Waals surface area contributed by atoms with Crippen LogP contribution in [0.2, 0.25) is 0 Å². The highest BCUT2D eigenvalue weighted by molar-refractivity contribution is 5.68. The molecule has 1 rings (SSSR count). The average molecular weight is 222 g/mol. The molecule has 0 aliphatic carbocycles. The fraction of sp³-hybridized carbons (Fsp3) is 0.462. The van der Waals surface area contributed by atoms with Crippen LogP contribution in [0.3, 0.4) is 0 Å². The minimum absolute atomic E-state index is 0.0678. The number of rotatable bonds is 5. The highest BCUT2D eigenvalue weighted by atomic mass is 16.5. The summed E-state index contributed by atoms with van der Waals surface area (Å²) >= 11 is 0. The van der Waals surface area contributed by atoms with Gasteiger partial charge in [0.15, 0.2) is 0 Å². The van der Waals surface area contributed by atoms with Crippen LogP contribution in [-0.2, 0) is 9.53 Å². The standard InChI is InChI=1S/C13H18O3/c1-9-4-5-11(6-10(9)2)12(8-16-3)7-13(14)15/h4-6,12H,7-8H2,1-3H3,(H,14,15). The van der Waals surface area contributed by atoms with E-state index in [4.69, 9.17) is 9.84 Å². The largest absolute Gasteiger partial charge is 0.481 e. The smallest absolute Gasteiger partial charge is 0.304 e. The average Bonchev–Trinajstić information content (AvgIpc) is 2.21. The number of aryl methyl sites for hydroxylation is 2. The van der Waals surface area contributed by atoms with Crippen LogP contribution in [0.5, 0.6) is 0 Å². The number of ether oxygens (including phenoxy) is 1. The molecule has 0 aromatic heterocycles. The van der Waals surface area contributed by atoms with Crippen molar-refractivity contribution < 1.29 is 14.6 Å². The molecular weight excluding hydrogens is 204 g/mol. The van der Waals surface area contributed by atoms with Crippen molar-refractivity contribution in [3.63, 3.8) is 0 Å². The molecule has 1 N–H and O–H groups in total. The zero-order valence-corrected chi connectivity index (χ0v) is 9.99. The molecule has 1 unspecified atom stereocenters. The second-order valence-corrected chi connectivity index (χ2v) is 4.09. The number of carbonyl (C=O) groups is 1. The first-order valence-electron chi connectivity index (χ1n) is 5.32. The molecule has 0 bridgehead atoms. The van der Waals surface area contributed by atoms with Gasteiger partial charge in [0.1, 0.15) is 0 Å². The minimum atomic E-state index is -0.791. The number of methoxy groups -OCH3 is 1. The Hall–Kier alpha value is -1.35. The third-order valence-corrected chi connectivity index (χ3v) is 2.79. The molecule has 0 heterocycles. The van der Waals surface area contributed by atoms with Crippen LogP contribution in [0.4, 0.5) is 0 Å². The molecule has 0 amide bonds. The second kappa shape index (κ2) is 5.66. The van der Waals surface area contributed by atoms with Crippen molar-refractivity contribution in [2.24, 2.45) is 0 Å². The van der Waals surface area contributed by atoms with Gasteiger partial charge in [0.05, 0.1) is 13.0 Å². The monoisotopic (exact) mass is 222 g/mol. The van der Waals surface area contributed by atoms with Crippen LogP contribution in [0.25, 0.3) is 0 Å². The van der Waals surface area contributed by atoms with Gasteiger partial charge < -0.3 is 9.84 Å². The summed E-state index contributed by atoms with van der Waals surface area (Å²) in [5, 5.41) is 8.84. The topological polar surface area (TPSA) is 46.5 Å². The van der Waals surface area contributed by atoms with Gasteiger partial charge in [-0.3, -0.25) is 4.79 Å². The van der Waals surface area contributed by atoms with Gasteiger partial charge in [-0.1, -0.05) is 18.2 Å². The van der Waals surface area contributed by atoms with Crippen molar-refractivity contribution in [1.82, 2.24) is 0 Å². The van der Waals surface area contributed by atoms with Gasteiger partial charge in [-0.15, -0.1) is 0 Å². The minimum Gasteiger partial charge on any atom is -0.481 e. The Morgan fingerprint density at radius 3 is 2.56 bits per heavy atom. The fourth-order valence-electron chi connectivity index (χ4n) is 1.70. The lowest BCUT2D eigenvalue weighted by Crippen LogP contribution is -2.12. The molecule has 0 radical (unpaired) electrons. The van der Waals surface area contributed by atoms with E-state index in [0.717, 1.165) is 5.56 Å². The van der Waals surface area contributed by atoms with E-state index in [9.17, 15) is 4.79 Å². The van der Waals surface area contributed by atoms with Gasteiger partial charge in [0, 0.05) is 13.0 Å². The maximum atomic E-state index is 10.8. The van der Waals surface area contributed by atoms with Crippen molar-refractivity contribution >= 4 is 5.97 Å². The van der Waals surface area contributed by atoms with Crippen LogP contribution in [0.15, 0.2) is 18.2 Å². The first-order valence-corrected chi connectivity index (χ1v) is 5.32. The van der Waals surface area contributed by atoms with E-state index in [1.807, 2.05) is 32.0 Å². The Balaban J connectivity index is 2.91. The molecule has 1 aromatic rings. The molecule has 1 aromatic carbocycles. The molecular formula is C13H18O3. The Morgan fingerprint density at radius 2 is 2.06 bits per heavy atom. The molecule has 0 aliphatic heterocycles. The molecule has 3 heteroatoms. The van der Waals surface area contributed by atoms with Gasteiger partial charge in [-0.2, -0.15) is 0 Å². The van der Waals surface area contributed by atoms with Crippen LogP contribution < -0.4 is 0 Å². The number of hydrogen-bond donors (Lipinski definition) is 1. The Morgan fingerprint density at radius 1 is 1.38 bits per heavy atom. The lowest BCUT2D eigenvalue weighted by atomic mass is 9.93. The van der Waals surface area contributed by atoms with Crippen molar-refractivity contribution in [3.8, 4) is 0 Å². The van der Waals surface area contributed by atoms with Crippen molar-refractivity contribution in [2.45, 2.75) is 26.2 Å². The van der Waals surface area contributed by atoms with Gasteiger partial charge in [0.2, 0.25) is 0 Å². The molecule has 1 atom stereocenters. The third kappa shape index (κ3) is 3.35. The number of hydrogen-bond acceptors (Lipinski definition) is 2. The van der Waals surface area contributed by atoms with E-state index < -0.39 is 5.97 Å². The Labute approximate surface area is 96.1 Å². The number of aliphatic carboxylic acids is 1.